The Morgan fingerprint density at radius 2 is 1.84 bits per heavy atom. The van der Waals surface area contributed by atoms with Gasteiger partial charge >= 0.3 is 0 Å². The van der Waals surface area contributed by atoms with E-state index in [0.717, 1.165) is 18.4 Å². The van der Waals surface area contributed by atoms with Gasteiger partial charge in [0.2, 0.25) is 18.6 Å². The van der Waals surface area contributed by atoms with E-state index >= 15 is 0 Å². The van der Waals surface area contributed by atoms with Crippen LogP contribution in [0.25, 0.3) is 0 Å². The highest BCUT2D eigenvalue weighted by atomic mass is 32.1. The fraction of sp³-hybridized carbons (Fsp3) is 0.321. The lowest BCUT2D eigenvalue weighted by atomic mass is 10.0. The molecule has 1 fully saturated rings. The van der Waals surface area contributed by atoms with E-state index < -0.39 is 11.9 Å². The first-order valence-electron chi connectivity index (χ1n) is 12.5. The highest BCUT2D eigenvalue weighted by molar-refractivity contribution is 7.12. The molecule has 198 valence electrons. The minimum Gasteiger partial charge on any atom is -0.454 e. The van der Waals surface area contributed by atoms with Crippen LogP contribution in [-0.2, 0) is 20.9 Å². The summed E-state index contributed by atoms with van der Waals surface area (Å²) in [5.41, 5.74) is 1.43. The van der Waals surface area contributed by atoms with E-state index in [-0.39, 0.29) is 37.8 Å². The van der Waals surface area contributed by atoms with Gasteiger partial charge in [0.1, 0.15) is 6.04 Å². The number of rotatable bonds is 10. The summed E-state index contributed by atoms with van der Waals surface area (Å²) < 4.78 is 16.6. The lowest BCUT2D eigenvalue weighted by Gasteiger charge is -2.32. The van der Waals surface area contributed by atoms with Gasteiger partial charge in [-0.05, 0) is 47.5 Å². The van der Waals surface area contributed by atoms with Gasteiger partial charge in [-0.15, -0.1) is 11.3 Å². The molecule has 5 rings (SSSR count). The number of hydrogen-bond acceptors (Lipinski definition) is 7. The number of thiophene rings is 1. The number of nitrogens with one attached hydrogen (secondary N) is 2. The van der Waals surface area contributed by atoms with Crippen LogP contribution >= 0.6 is 11.3 Å². The first kappa shape index (κ1) is 25.7. The van der Waals surface area contributed by atoms with Crippen LogP contribution in [0, 0.1) is 0 Å². The highest BCUT2D eigenvalue weighted by Crippen LogP contribution is 2.34. The average Bonchev–Trinajstić information content (AvgIpc) is 3.73. The van der Waals surface area contributed by atoms with Gasteiger partial charge in [0, 0.05) is 19.7 Å². The van der Waals surface area contributed by atoms with Crippen molar-refractivity contribution >= 4 is 29.1 Å². The number of carbonyl (C=O) groups excluding carboxylic acids is 3. The second-order valence-corrected chi connectivity index (χ2v) is 10.0. The zero-order chi connectivity index (χ0) is 26.3. The van der Waals surface area contributed by atoms with Gasteiger partial charge < -0.3 is 29.7 Å². The Labute approximate surface area is 224 Å². The molecule has 0 unspecified atom stereocenters. The summed E-state index contributed by atoms with van der Waals surface area (Å²) in [6, 6.07) is 17.1. The van der Waals surface area contributed by atoms with E-state index in [4.69, 9.17) is 14.2 Å². The summed E-state index contributed by atoms with van der Waals surface area (Å²) in [5, 5.41) is 7.48. The molecule has 0 radical (unpaired) electrons. The van der Waals surface area contributed by atoms with E-state index in [1.54, 1.807) is 29.6 Å². The molecule has 1 saturated heterocycles. The molecule has 2 N–H and O–H groups in total. The predicted molar refractivity (Wildman–Crippen MR) is 141 cm³/mol. The third-order valence-electron chi connectivity index (χ3n) is 6.46. The van der Waals surface area contributed by atoms with Crippen molar-refractivity contribution in [3.8, 4) is 11.5 Å². The largest absolute Gasteiger partial charge is 0.454 e. The smallest absolute Gasteiger partial charge is 0.261 e. The lowest BCUT2D eigenvalue weighted by Crippen LogP contribution is -2.47. The molecular formula is C28H29N3O6S. The second kappa shape index (κ2) is 12.1. The molecule has 38 heavy (non-hydrogen) atoms. The van der Waals surface area contributed by atoms with Crippen molar-refractivity contribution in [2.45, 2.75) is 31.5 Å². The number of carbonyl (C=O) groups is 3. The molecule has 0 aliphatic carbocycles. The molecule has 3 amide bonds. The van der Waals surface area contributed by atoms with Crippen molar-refractivity contribution in [1.82, 2.24) is 15.5 Å². The molecule has 2 aromatic carbocycles. The van der Waals surface area contributed by atoms with Crippen molar-refractivity contribution in [3.63, 3.8) is 0 Å². The molecule has 1 aromatic heterocycles. The fourth-order valence-corrected chi connectivity index (χ4v) is 5.18. The molecule has 0 spiro atoms. The number of hydrogen-bond donors (Lipinski definition) is 2. The van der Waals surface area contributed by atoms with Crippen LogP contribution in [0.1, 0.15) is 39.7 Å². The molecule has 3 aromatic rings. The van der Waals surface area contributed by atoms with E-state index in [1.165, 1.54) is 16.2 Å². The van der Waals surface area contributed by atoms with Crippen molar-refractivity contribution < 1.29 is 28.6 Å². The maximum atomic E-state index is 13.7. The predicted octanol–water partition coefficient (Wildman–Crippen LogP) is 3.27. The maximum absolute atomic E-state index is 13.7. The Kier molecular flexibility index (Phi) is 8.20. The summed E-state index contributed by atoms with van der Waals surface area (Å²) in [7, 11) is 0. The Morgan fingerprint density at radius 1 is 1.00 bits per heavy atom. The van der Waals surface area contributed by atoms with Crippen LogP contribution < -0.4 is 20.1 Å². The van der Waals surface area contributed by atoms with Crippen LogP contribution in [-0.4, -0.2) is 55.2 Å². The number of nitrogens with zero attached hydrogens (tertiary/aromatic N) is 1. The molecule has 3 heterocycles. The minimum absolute atomic E-state index is 0.0431. The first-order chi connectivity index (χ1) is 18.6. The molecule has 2 aliphatic heterocycles. The van der Waals surface area contributed by atoms with Gasteiger partial charge in [-0.1, -0.05) is 42.5 Å². The van der Waals surface area contributed by atoms with Gasteiger partial charge in [0.25, 0.3) is 5.91 Å². The topological polar surface area (TPSA) is 106 Å². The molecule has 2 aliphatic rings. The van der Waals surface area contributed by atoms with Gasteiger partial charge in [0.05, 0.1) is 17.5 Å². The Balaban J connectivity index is 1.41. The van der Waals surface area contributed by atoms with Crippen LogP contribution in [0.3, 0.4) is 0 Å². The van der Waals surface area contributed by atoms with Crippen molar-refractivity contribution in [2.24, 2.45) is 0 Å². The third-order valence-corrected chi connectivity index (χ3v) is 7.33. The first-order valence-corrected chi connectivity index (χ1v) is 13.4. The van der Waals surface area contributed by atoms with Crippen molar-refractivity contribution in [2.75, 3.05) is 26.5 Å². The summed E-state index contributed by atoms with van der Waals surface area (Å²) in [4.78, 5) is 41.9. The molecule has 9 nitrogen and oxygen atoms in total. The number of fused-ring (bicyclic) bond motifs is 1. The molecular weight excluding hydrogens is 506 g/mol. The van der Waals surface area contributed by atoms with Crippen LogP contribution in [0.15, 0.2) is 66.0 Å². The monoisotopic (exact) mass is 535 g/mol. The van der Waals surface area contributed by atoms with Gasteiger partial charge in [-0.3, -0.25) is 14.4 Å². The van der Waals surface area contributed by atoms with Crippen LogP contribution in [0.5, 0.6) is 11.5 Å². The Bertz CT molecular complexity index is 1260. The maximum Gasteiger partial charge on any atom is 0.261 e. The standard InChI is InChI=1S/C28H29N3O6S/c32-25(16-30-27(33)24-9-5-13-38-24)31(17-19-10-11-22-23(14-19)37-18-36-22)26(20-6-2-1-3-7-20)28(34)29-15-21-8-4-12-35-21/h1-3,5-7,9-11,13-14,21,26H,4,8,12,15-18H2,(H,29,34)(H,30,33)/t21-,26-/m0/s1. The second-order valence-electron chi connectivity index (χ2n) is 9.06. The van der Waals surface area contributed by atoms with E-state index in [2.05, 4.69) is 10.6 Å². The summed E-state index contributed by atoms with van der Waals surface area (Å²) in [6.07, 6.45) is 1.80. The van der Waals surface area contributed by atoms with Crippen molar-refractivity contribution in [1.29, 1.82) is 0 Å². The zero-order valence-corrected chi connectivity index (χ0v) is 21.6. The number of benzene rings is 2. The van der Waals surface area contributed by atoms with E-state index in [1.807, 2.05) is 36.4 Å². The normalized spacial score (nSPS) is 16.6. The van der Waals surface area contributed by atoms with Crippen LogP contribution in [0.2, 0.25) is 0 Å². The van der Waals surface area contributed by atoms with Crippen molar-refractivity contribution in [3.05, 3.63) is 82.0 Å². The number of ether oxygens (including phenoxy) is 3. The average molecular weight is 536 g/mol. The molecule has 10 heteroatoms. The van der Waals surface area contributed by atoms with Gasteiger partial charge in [0.15, 0.2) is 11.5 Å². The molecule has 0 bridgehead atoms. The Morgan fingerprint density at radius 3 is 2.61 bits per heavy atom. The third kappa shape index (κ3) is 6.15. The quantitative estimate of drug-likeness (QED) is 0.413. The van der Waals surface area contributed by atoms with E-state index in [9.17, 15) is 14.4 Å². The lowest BCUT2D eigenvalue weighted by molar-refractivity contribution is -0.141. The molecule has 2 atom stereocenters. The van der Waals surface area contributed by atoms with Gasteiger partial charge in [-0.25, -0.2) is 0 Å². The zero-order valence-electron chi connectivity index (χ0n) is 20.8. The fourth-order valence-electron chi connectivity index (χ4n) is 4.54. The van der Waals surface area contributed by atoms with Gasteiger partial charge in [-0.2, -0.15) is 0 Å². The van der Waals surface area contributed by atoms with Crippen LogP contribution in [0.4, 0.5) is 0 Å². The summed E-state index contributed by atoms with van der Waals surface area (Å²) >= 11 is 1.29. The minimum atomic E-state index is -0.922. The molecule has 0 saturated carbocycles. The number of amides is 3. The highest BCUT2D eigenvalue weighted by Gasteiger charge is 2.32. The summed E-state index contributed by atoms with van der Waals surface area (Å²) in [5.74, 6) is 0.165. The Hall–Kier alpha value is -3.89. The summed E-state index contributed by atoms with van der Waals surface area (Å²) in [6.45, 7) is 1.04. The van der Waals surface area contributed by atoms with E-state index in [0.29, 0.717) is 35.1 Å². The SMILES string of the molecule is O=C(NCC(=O)N(Cc1ccc2c(c1)OCO2)[C@H](C(=O)NC[C@@H]1CCCO1)c1ccccc1)c1cccs1.